The van der Waals surface area contributed by atoms with E-state index in [0.29, 0.717) is 6.42 Å². The molecule has 1 saturated heterocycles. The van der Waals surface area contributed by atoms with Gasteiger partial charge in [0.1, 0.15) is 17.9 Å². The van der Waals surface area contributed by atoms with Crippen molar-refractivity contribution in [1.82, 2.24) is 10.2 Å². The standard InChI is InChI=1S/C17H19ClFN3O3/c1-10-4-2-3-7-17(10)15(24)22(16(25)21-17)9-14(23)20-13-6-5-11(18)8-12(13)19/h5-6,8,10H,2-4,7,9H2,1H3,(H,20,23)(H,21,25)/t10-,17-/m1/s1. The number of anilines is 1. The summed E-state index contributed by atoms with van der Waals surface area (Å²) in [5.74, 6) is -1.70. The summed E-state index contributed by atoms with van der Waals surface area (Å²) in [5, 5.41) is 5.34. The van der Waals surface area contributed by atoms with Gasteiger partial charge in [0.15, 0.2) is 0 Å². The minimum atomic E-state index is -0.916. The summed E-state index contributed by atoms with van der Waals surface area (Å²) in [5.41, 5.74) is -0.969. The summed E-state index contributed by atoms with van der Waals surface area (Å²) >= 11 is 5.67. The van der Waals surface area contributed by atoms with Crippen molar-refractivity contribution in [3.05, 3.63) is 29.0 Å². The van der Waals surface area contributed by atoms with E-state index in [9.17, 15) is 18.8 Å². The molecule has 1 heterocycles. The highest BCUT2D eigenvalue weighted by Crippen LogP contribution is 2.38. The molecular weight excluding hydrogens is 349 g/mol. The molecule has 1 saturated carbocycles. The molecule has 3 rings (SSSR count). The average Bonchev–Trinajstić information content (AvgIpc) is 2.78. The Hall–Kier alpha value is -2.15. The van der Waals surface area contributed by atoms with Crippen LogP contribution in [0.1, 0.15) is 32.6 Å². The molecule has 2 atom stereocenters. The van der Waals surface area contributed by atoms with Crippen LogP contribution in [0.3, 0.4) is 0 Å². The molecule has 2 aliphatic rings. The molecule has 1 aromatic rings. The van der Waals surface area contributed by atoms with E-state index in [1.165, 1.54) is 12.1 Å². The van der Waals surface area contributed by atoms with Gasteiger partial charge in [0.05, 0.1) is 5.69 Å². The van der Waals surface area contributed by atoms with Crippen molar-refractivity contribution < 1.29 is 18.8 Å². The Morgan fingerprint density at radius 1 is 1.44 bits per heavy atom. The third kappa shape index (κ3) is 3.20. The molecule has 2 fully saturated rings. The van der Waals surface area contributed by atoms with Gasteiger partial charge in [0.2, 0.25) is 5.91 Å². The first-order chi connectivity index (χ1) is 11.8. The second kappa shape index (κ2) is 6.63. The van der Waals surface area contributed by atoms with Crippen LogP contribution in [0.25, 0.3) is 0 Å². The fourth-order valence-electron chi connectivity index (χ4n) is 3.56. The van der Waals surface area contributed by atoms with Gasteiger partial charge < -0.3 is 10.6 Å². The molecule has 1 aromatic carbocycles. The first kappa shape index (κ1) is 17.7. The van der Waals surface area contributed by atoms with Crippen molar-refractivity contribution in [2.24, 2.45) is 5.92 Å². The van der Waals surface area contributed by atoms with Crippen LogP contribution < -0.4 is 10.6 Å². The Labute approximate surface area is 149 Å². The summed E-state index contributed by atoms with van der Waals surface area (Å²) in [7, 11) is 0. The second-order valence-electron chi connectivity index (χ2n) is 6.61. The molecule has 0 radical (unpaired) electrons. The number of urea groups is 1. The zero-order valence-electron chi connectivity index (χ0n) is 13.8. The van der Waals surface area contributed by atoms with Crippen LogP contribution in [-0.4, -0.2) is 34.8 Å². The van der Waals surface area contributed by atoms with Gasteiger partial charge in [0.25, 0.3) is 5.91 Å². The Morgan fingerprint density at radius 2 is 2.20 bits per heavy atom. The van der Waals surface area contributed by atoms with Gasteiger partial charge in [-0.3, -0.25) is 14.5 Å². The van der Waals surface area contributed by atoms with E-state index in [4.69, 9.17) is 11.6 Å². The van der Waals surface area contributed by atoms with E-state index in [1.807, 2.05) is 6.92 Å². The molecule has 0 aromatic heterocycles. The Balaban J connectivity index is 1.71. The van der Waals surface area contributed by atoms with Gasteiger partial charge in [-0.05, 0) is 37.0 Å². The molecule has 25 heavy (non-hydrogen) atoms. The molecule has 4 amide bonds. The van der Waals surface area contributed by atoms with Gasteiger partial charge in [-0.1, -0.05) is 31.4 Å². The van der Waals surface area contributed by atoms with Crippen LogP contribution in [0.2, 0.25) is 5.02 Å². The van der Waals surface area contributed by atoms with Crippen molar-refractivity contribution in [2.75, 3.05) is 11.9 Å². The lowest BCUT2D eigenvalue weighted by Gasteiger charge is -2.36. The van der Waals surface area contributed by atoms with Crippen molar-refractivity contribution in [2.45, 2.75) is 38.1 Å². The predicted octanol–water partition coefficient (Wildman–Crippen LogP) is 2.92. The summed E-state index contributed by atoms with van der Waals surface area (Å²) in [4.78, 5) is 38.1. The largest absolute Gasteiger partial charge is 0.325 e. The number of carbonyl (C=O) groups excluding carboxylic acids is 3. The number of nitrogens with one attached hydrogen (secondary N) is 2. The molecule has 2 N–H and O–H groups in total. The SMILES string of the molecule is C[C@@H]1CCCC[C@@]12NC(=O)N(CC(=O)Nc1ccc(Cl)cc1F)C2=O. The fourth-order valence-corrected chi connectivity index (χ4v) is 3.72. The minimum absolute atomic E-state index is 0.0134. The predicted molar refractivity (Wildman–Crippen MR) is 90.6 cm³/mol. The maximum absolute atomic E-state index is 13.8. The number of amides is 4. The topological polar surface area (TPSA) is 78.5 Å². The normalized spacial score (nSPS) is 26.0. The zero-order valence-corrected chi connectivity index (χ0v) is 14.5. The van der Waals surface area contributed by atoms with Crippen LogP contribution in [-0.2, 0) is 9.59 Å². The van der Waals surface area contributed by atoms with Crippen LogP contribution in [0.5, 0.6) is 0 Å². The van der Waals surface area contributed by atoms with E-state index in [-0.39, 0.29) is 22.5 Å². The molecule has 134 valence electrons. The van der Waals surface area contributed by atoms with Gasteiger partial charge in [-0.15, -0.1) is 0 Å². The maximum atomic E-state index is 13.8. The zero-order chi connectivity index (χ0) is 18.2. The summed E-state index contributed by atoms with van der Waals surface area (Å²) in [6.45, 7) is 1.48. The number of nitrogens with zero attached hydrogens (tertiary/aromatic N) is 1. The first-order valence-corrected chi connectivity index (χ1v) is 8.60. The Kier molecular flexibility index (Phi) is 4.69. The number of rotatable bonds is 3. The molecule has 0 bridgehead atoms. The smallest absolute Gasteiger partial charge is 0.323 e. The Morgan fingerprint density at radius 3 is 2.88 bits per heavy atom. The van der Waals surface area contributed by atoms with E-state index < -0.39 is 29.8 Å². The van der Waals surface area contributed by atoms with Gasteiger partial charge in [-0.2, -0.15) is 0 Å². The Bertz CT molecular complexity index is 742. The van der Waals surface area contributed by atoms with E-state index in [0.717, 1.165) is 30.2 Å². The second-order valence-corrected chi connectivity index (χ2v) is 7.05. The molecule has 1 aliphatic heterocycles. The third-order valence-corrected chi connectivity index (χ3v) is 5.24. The van der Waals surface area contributed by atoms with Gasteiger partial charge in [0, 0.05) is 5.02 Å². The van der Waals surface area contributed by atoms with Crippen LogP contribution >= 0.6 is 11.6 Å². The maximum Gasteiger partial charge on any atom is 0.325 e. The first-order valence-electron chi connectivity index (χ1n) is 8.22. The van der Waals surface area contributed by atoms with Gasteiger partial charge >= 0.3 is 6.03 Å². The molecule has 1 spiro atoms. The molecule has 6 nitrogen and oxygen atoms in total. The van der Waals surface area contributed by atoms with Crippen LogP contribution in [0.4, 0.5) is 14.9 Å². The van der Waals surface area contributed by atoms with E-state index >= 15 is 0 Å². The number of halogens is 2. The molecule has 1 aliphatic carbocycles. The summed E-state index contributed by atoms with van der Waals surface area (Å²) in [6.07, 6.45) is 3.29. The quantitative estimate of drug-likeness (QED) is 0.806. The van der Waals surface area contributed by atoms with E-state index in [2.05, 4.69) is 10.6 Å². The highest BCUT2D eigenvalue weighted by Gasteiger charge is 2.55. The number of benzene rings is 1. The number of carbonyl (C=O) groups is 3. The average molecular weight is 368 g/mol. The fraction of sp³-hybridized carbons (Fsp3) is 0.471. The van der Waals surface area contributed by atoms with Crippen molar-refractivity contribution in [3.63, 3.8) is 0 Å². The summed E-state index contributed by atoms with van der Waals surface area (Å²) < 4.78 is 13.8. The monoisotopic (exact) mass is 367 g/mol. The van der Waals surface area contributed by atoms with Crippen LogP contribution in [0, 0.1) is 11.7 Å². The number of hydrogen-bond donors (Lipinski definition) is 2. The third-order valence-electron chi connectivity index (χ3n) is 5.01. The highest BCUT2D eigenvalue weighted by molar-refractivity contribution is 6.30. The van der Waals surface area contributed by atoms with Crippen LogP contribution in [0.15, 0.2) is 18.2 Å². The molecular formula is C17H19ClFN3O3. The van der Waals surface area contributed by atoms with Crippen molar-refractivity contribution >= 4 is 35.1 Å². The number of hydrogen-bond acceptors (Lipinski definition) is 3. The van der Waals surface area contributed by atoms with E-state index in [1.54, 1.807) is 0 Å². The lowest BCUT2D eigenvalue weighted by Crippen LogP contribution is -2.54. The lowest BCUT2D eigenvalue weighted by molar-refractivity contribution is -0.136. The summed E-state index contributed by atoms with van der Waals surface area (Å²) in [6, 6.07) is 3.26. The minimum Gasteiger partial charge on any atom is -0.323 e. The lowest BCUT2D eigenvalue weighted by atomic mass is 9.73. The highest BCUT2D eigenvalue weighted by atomic mass is 35.5. The molecule has 8 heteroatoms. The van der Waals surface area contributed by atoms with Gasteiger partial charge in [-0.25, -0.2) is 9.18 Å². The number of imide groups is 1. The van der Waals surface area contributed by atoms with Crippen molar-refractivity contribution in [3.8, 4) is 0 Å². The van der Waals surface area contributed by atoms with Crippen molar-refractivity contribution in [1.29, 1.82) is 0 Å². The molecule has 0 unspecified atom stereocenters.